The quantitative estimate of drug-likeness (QED) is 0.774. The monoisotopic (exact) mass is 340 g/mol. The van der Waals surface area contributed by atoms with Gasteiger partial charge in [-0.05, 0) is 56.3 Å². The molecule has 0 saturated carbocycles. The molecule has 1 aromatic carbocycles. The van der Waals surface area contributed by atoms with Crippen LogP contribution >= 0.6 is 0 Å². The summed E-state index contributed by atoms with van der Waals surface area (Å²) in [4.78, 5) is 16.9. The molecule has 2 heterocycles. The number of nitrogens with one attached hydrogen (secondary N) is 1. The standard InChI is InChI=1S/C18H17FN4O2/c1-18(2,25-14-8-6-13(19)7-9-14)17(24)22-15-5-3-10-20-16(15)23-12-4-11-21-23/h3-12H,1-2H3,(H,22,24). The van der Waals surface area contributed by atoms with Crippen LogP contribution in [0.15, 0.2) is 61.1 Å². The molecule has 3 aromatic rings. The van der Waals surface area contributed by atoms with Crippen molar-refractivity contribution < 1.29 is 13.9 Å². The zero-order valence-corrected chi connectivity index (χ0v) is 13.8. The predicted octanol–water partition coefficient (Wildman–Crippen LogP) is 3.20. The van der Waals surface area contributed by atoms with Crippen LogP contribution in [0.3, 0.4) is 0 Å². The minimum absolute atomic E-state index is 0.363. The average Bonchev–Trinajstić information content (AvgIpc) is 3.11. The number of anilines is 1. The van der Waals surface area contributed by atoms with Gasteiger partial charge in [-0.15, -0.1) is 0 Å². The molecule has 0 radical (unpaired) electrons. The summed E-state index contributed by atoms with van der Waals surface area (Å²) in [7, 11) is 0. The van der Waals surface area contributed by atoms with Gasteiger partial charge in [0.1, 0.15) is 11.6 Å². The van der Waals surface area contributed by atoms with Crippen molar-refractivity contribution in [3.8, 4) is 11.6 Å². The van der Waals surface area contributed by atoms with E-state index in [0.29, 0.717) is 17.3 Å². The van der Waals surface area contributed by atoms with Gasteiger partial charge in [-0.25, -0.2) is 14.1 Å². The lowest BCUT2D eigenvalue weighted by atomic mass is 10.1. The molecule has 0 saturated heterocycles. The lowest BCUT2D eigenvalue weighted by Crippen LogP contribution is -2.42. The van der Waals surface area contributed by atoms with E-state index in [1.165, 1.54) is 24.3 Å². The molecule has 0 atom stereocenters. The Morgan fingerprint density at radius 2 is 1.92 bits per heavy atom. The van der Waals surface area contributed by atoms with E-state index in [9.17, 15) is 9.18 Å². The van der Waals surface area contributed by atoms with E-state index < -0.39 is 5.60 Å². The number of amides is 1. The molecule has 0 spiro atoms. The summed E-state index contributed by atoms with van der Waals surface area (Å²) in [5.74, 6) is 0.172. The fourth-order valence-electron chi connectivity index (χ4n) is 2.19. The number of pyridine rings is 1. The second kappa shape index (κ2) is 6.72. The molecule has 0 aliphatic rings. The summed E-state index contributed by atoms with van der Waals surface area (Å²) < 4.78 is 20.3. The van der Waals surface area contributed by atoms with E-state index in [4.69, 9.17) is 4.74 Å². The Balaban J connectivity index is 1.78. The SMILES string of the molecule is CC(C)(Oc1ccc(F)cc1)C(=O)Nc1cccnc1-n1cccn1. The van der Waals surface area contributed by atoms with Crippen LogP contribution in [-0.4, -0.2) is 26.3 Å². The first-order valence-electron chi connectivity index (χ1n) is 7.67. The van der Waals surface area contributed by atoms with Crippen LogP contribution in [0.4, 0.5) is 10.1 Å². The molecule has 128 valence electrons. The van der Waals surface area contributed by atoms with Gasteiger partial charge >= 0.3 is 0 Å². The highest BCUT2D eigenvalue weighted by Gasteiger charge is 2.30. The van der Waals surface area contributed by atoms with Gasteiger partial charge in [-0.1, -0.05) is 0 Å². The molecule has 6 nitrogen and oxygen atoms in total. The molecule has 2 aromatic heterocycles. The topological polar surface area (TPSA) is 69.0 Å². The van der Waals surface area contributed by atoms with Gasteiger partial charge in [-0.3, -0.25) is 4.79 Å². The third-order valence-electron chi connectivity index (χ3n) is 3.49. The van der Waals surface area contributed by atoms with Crippen LogP contribution in [0.5, 0.6) is 5.75 Å². The maximum atomic E-state index is 13.0. The summed E-state index contributed by atoms with van der Waals surface area (Å²) in [6.07, 6.45) is 4.98. The second-order valence-corrected chi connectivity index (χ2v) is 5.85. The zero-order valence-electron chi connectivity index (χ0n) is 13.8. The molecule has 0 aliphatic heterocycles. The summed E-state index contributed by atoms with van der Waals surface area (Å²) in [6, 6.07) is 10.7. The first-order chi connectivity index (χ1) is 12.0. The molecular formula is C18H17FN4O2. The third kappa shape index (κ3) is 3.82. The number of hydrogen-bond donors (Lipinski definition) is 1. The Morgan fingerprint density at radius 3 is 2.60 bits per heavy atom. The molecule has 7 heteroatoms. The Kier molecular flexibility index (Phi) is 4.47. The fraction of sp³-hybridized carbons (Fsp3) is 0.167. The maximum absolute atomic E-state index is 13.0. The Bertz CT molecular complexity index is 861. The van der Waals surface area contributed by atoms with Crippen LogP contribution in [0.25, 0.3) is 5.82 Å². The number of carbonyl (C=O) groups is 1. The van der Waals surface area contributed by atoms with Gasteiger partial charge in [-0.2, -0.15) is 5.10 Å². The van der Waals surface area contributed by atoms with Gasteiger partial charge in [0.15, 0.2) is 11.4 Å². The van der Waals surface area contributed by atoms with E-state index in [1.54, 1.807) is 55.3 Å². The summed E-state index contributed by atoms with van der Waals surface area (Å²) in [5, 5.41) is 6.94. The van der Waals surface area contributed by atoms with Crippen LogP contribution in [-0.2, 0) is 4.79 Å². The van der Waals surface area contributed by atoms with Gasteiger partial charge in [0.25, 0.3) is 5.91 Å². The van der Waals surface area contributed by atoms with Crippen molar-refractivity contribution in [3.05, 3.63) is 66.9 Å². The van der Waals surface area contributed by atoms with Gasteiger partial charge in [0, 0.05) is 18.6 Å². The number of halogens is 1. The van der Waals surface area contributed by atoms with E-state index >= 15 is 0 Å². The van der Waals surface area contributed by atoms with Crippen LogP contribution in [0.1, 0.15) is 13.8 Å². The number of rotatable bonds is 5. The number of aromatic nitrogens is 3. The lowest BCUT2D eigenvalue weighted by Gasteiger charge is -2.25. The number of carbonyl (C=O) groups excluding carboxylic acids is 1. The smallest absolute Gasteiger partial charge is 0.268 e. The van der Waals surface area contributed by atoms with E-state index in [0.717, 1.165) is 0 Å². The largest absolute Gasteiger partial charge is 0.478 e. The maximum Gasteiger partial charge on any atom is 0.268 e. The zero-order chi connectivity index (χ0) is 17.9. The van der Waals surface area contributed by atoms with Gasteiger partial charge in [0.2, 0.25) is 0 Å². The predicted molar refractivity (Wildman–Crippen MR) is 91.1 cm³/mol. The van der Waals surface area contributed by atoms with Crippen LogP contribution in [0, 0.1) is 5.82 Å². The first-order valence-corrected chi connectivity index (χ1v) is 7.67. The van der Waals surface area contributed by atoms with Crippen molar-refractivity contribution in [3.63, 3.8) is 0 Å². The summed E-state index contributed by atoms with van der Waals surface area (Å²) in [6.45, 7) is 3.27. The van der Waals surface area contributed by atoms with E-state index in [-0.39, 0.29) is 11.7 Å². The highest BCUT2D eigenvalue weighted by molar-refractivity contribution is 5.98. The average molecular weight is 340 g/mol. The molecule has 1 amide bonds. The molecule has 0 bridgehead atoms. The molecule has 0 fully saturated rings. The Labute approximate surface area is 144 Å². The van der Waals surface area contributed by atoms with Crippen LogP contribution < -0.4 is 10.1 Å². The molecular weight excluding hydrogens is 323 g/mol. The first kappa shape index (κ1) is 16.6. The van der Waals surface area contributed by atoms with Gasteiger partial charge in [0.05, 0.1) is 5.69 Å². The molecule has 1 N–H and O–H groups in total. The summed E-state index contributed by atoms with van der Waals surface area (Å²) in [5.41, 5.74) is -0.665. The second-order valence-electron chi connectivity index (χ2n) is 5.85. The van der Waals surface area contributed by atoms with Crippen molar-refractivity contribution in [2.45, 2.75) is 19.4 Å². The fourth-order valence-corrected chi connectivity index (χ4v) is 2.19. The van der Waals surface area contributed by atoms with Crippen molar-refractivity contribution in [2.24, 2.45) is 0 Å². The van der Waals surface area contributed by atoms with Gasteiger partial charge < -0.3 is 10.1 Å². The molecule has 0 unspecified atom stereocenters. The highest BCUT2D eigenvalue weighted by atomic mass is 19.1. The third-order valence-corrected chi connectivity index (χ3v) is 3.49. The van der Waals surface area contributed by atoms with Crippen LogP contribution in [0.2, 0.25) is 0 Å². The normalized spacial score (nSPS) is 11.2. The minimum atomic E-state index is -1.17. The van der Waals surface area contributed by atoms with Crippen molar-refractivity contribution >= 4 is 11.6 Å². The number of benzene rings is 1. The number of ether oxygens (including phenoxy) is 1. The molecule has 0 aliphatic carbocycles. The molecule has 25 heavy (non-hydrogen) atoms. The van der Waals surface area contributed by atoms with Crippen molar-refractivity contribution in [2.75, 3.05) is 5.32 Å². The van der Waals surface area contributed by atoms with Crippen molar-refractivity contribution in [1.82, 2.24) is 14.8 Å². The Morgan fingerprint density at radius 1 is 1.16 bits per heavy atom. The van der Waals surface area contributed by atoms with E-state index in [2.05, 4.69) is 15.4 Å². The minimum Gasteiger partial charge on any atom is -0.478 e. The Hall–Kier alpha value is -3.22. The number of nitrogens with zero attached hydrogens (tertiary/aromatic N) is 3. The lowest BCUT2D eigenvalue weighted by molar-refractivity contribution is -0.128. The molecule has 3 rings (SSSR count). The van der Waals surface area contributed by atoms with Crippen molar-refractivity contribution in [1.29, 1.82) is 0 Å². The highest BCUT2D eigenvalue weighted by Crippen LogP contribution is 2.22. The summed E-state index contributed by atoms with van der Waals surface area (Å²) >= 11 is 0. The number of hydrogen-bond acceptors (Lipinski definition) is 4. The van der Waals surface area contributed by atoms with E-state index in [1.807, 2.05) is 0 Å².